The van der Waals surface area contributed by atoms with Crippen molar-refractivity contribution in [1.29, 1.82) is 0 Å². The zero-order chi connectivity index (χ0) is 31.8. The third kappa shape index (κ3) is 7.64. The van der Waals surface area contributed by atoms with Crippen molar-refractivity contribution in [3.05, 3.63) is 102 Å². The van der Waals surface area contributed by atoms with Gasteiger partial charge in [0.25, 0.3) is 0 Å². The topological polar surface area (TPSA) is 129 Å². The van der Waals surface area contributed by atoms with Crippen molar-refractivity contribution in [3.63, 3.8) is 0 Å². The summed E-state index contributed by atoms with van der Waals surface area (Å²) in [5, 5.41) is 13.5. The minimum Gasteiger partial charge on any atom is -0.480 e. The molecule has 3 atom stereocenters. The number of nitrogens with zero attached hydrogens (tertiary/aromatic N) is 3. The van der Waals surface area contributed by atoms with E-state index in [4.69, 9.17) is 9.73 Å². The Hall–Kier alpha value is -4.83. The highest BCUT2D eigenvalue weighted by Gasteiger charge is 2.35. The molecule has 2 N–H and O–H groups in total. The Morgan fingerprint density at radius 1 is 0.978 bits per heavy atom. The van der Waals surface area contributed by atoms with Gasteiger partial charge in [-0.25, -0.2) is 14.5 Å². The first-order valence-corrected chi connectivity index (χ1v) is 15.4. The summed E-state index contributed by atoms with van der Waals surface area (Å²) in [5.41, 5.74) is 3.28. The molecule has 0 unspecified atom stereocenters. The summed E-state index contributed by atoms with van der Waals surface area (Å²) in [6.45, 7) is 3.54. The Kier molecular flexibility index (Phi) is 10.4. The quantitative estimate of drug-likeness (QED) is 0.277. The zero-order valence-electron chi connectivity index (χ0n) is 25.3. The molecule has 2 aliphatic heterocycles. The molecule has 0 saturated carbocycles. The minimum atomic E-state index is -1.28. The number of para-hydroxylation sites is 1. The lowest BCUT2D eigenvalue weighted by molar-refractivity contribution is -0.140. The van der Waals surface area contributed by atoms with Gasteiger partial charge in [0, 0.05) is 30.0 Å². The van der Waals surface area contributed by atoms with Crippen LogP contribution in [0.1, 0.15) is 49.3 Å². The number of carboxylic acids is 1. The van der Waals surface area contributed by atoms with Crippen LogP contribution in [0.3, 0.4) is 0 Å². The van der Waals surface area contributed by atoms with Gasteiger partial charge in [0.05, 0.1) is 24.0 Å². The van der Waals surface area contributed by atoms with Crippen molar-refractivity contribution in [2.45, 2.75) is 51.2 Å². The van der Waals surface area contributed by atoms with E-state index < -0.39 is 29.9 Å². The molecule has 10 heteroatoms. The smallest absolute Gasteiger partial charge is 0.416 e. The average Bonchev–Trinajstić information content (AvgIpc) is 3.70. The first kappa shape index (κ1) is 31.6. The predicted molar refractivity (Wildman–Crippen MR) is 170 cm³/mol. The van der Waals surface area contributed by atoms with Crippen molar-refractivity contribution in [3.8, 4) is 0 Å². The molecule has 3 amide bonds. The number of amides is 3. The Morgan fingerprint density at radius 3 is 2.33 bits per heavy atom. The Balaban J connectivity index is 1.45. The van der Waals surface area contributed by atoms with Crippen LogP contribution in [0.2, 0.25) is 0 Å². The number of carboxylic acid groups (broad SMARTS) is 1. The Morgan fingerprint density at radius 2 is 1.67 bits per heavy atom. The van der Waals surface area contributed by atoms with E-state index in [9.17, 15) is 24.3 Å². The molecular weight excluding hydrogens is 572 g/mol. The predicted octanol–water partition coefficient (Wildman–Crippen LogP) is 4.98. The van der Waals surface area contributed by atoms with Crippen LogP contribution >= 0.6 is 0 Å². The van der Waals surface area contributed by atoms with Gasteiger partial charge in [-0.05, 0) is 31.0 Å². The van der Waals surface area contributed by atoms with Gasteiger partial charge in [0.1, 0.15) is 6.61 Å². The summed E-state index contributed by atoms with van der Waals surface area (Å²) in [5.74, 6) is -2.49. The molecule has 2 heterocycles. The normalized spacial score (nSPS) is 18.3. The van der Waals surface area contributed by atoms with Gasteiger partial charge in [-0.2, -0.15) is 0 Å². The van der Waals surface area contributed by atoms with Crippen molar-refractivity contribution in [2.24, 2.45) is 10.9 Å². The number of hydrogen-bond acceptors (Lipinski definition) is 7. The minimum absolute atomic E-state index is 0.118. The second-order valence-corrected chi connectivity index (χ2v) is 11.3. The standard InChI is InChI=1S/C35H38N4O6/c1-2-25(22-30(40)39-20-21-45-35(39)44)32(34(42)43)37-31(26-14-7-4-8-15-26)27-16-9-10-17-28(27)36-33(41)29-18-11-19-38(29)23-24-12-5-3-6-13-24/h3-10,12-17,25,29,32H,2,11,18-23H2,1H3,(H,36,41)(H,42,43)/t25-,29+,32-/m1/s1. The van der Waals surface area contributed by atoms with Crippen LogP contribution in [0.25, 0.3) is 0 Å². The van der Waals surface area contributed by atoms with Crippen LogP contribution in [0.15, 0.2) is 89.9 Å². The number of aliphatic carboxylic acids is 1. The maximum Gasteiger partial charge on any atom is 0.416 e. The molecule has 0 spiro atoms. The molecule has 2 fully saturated rings. The average molecular weight is 611 g/mol. The van der Waals surface area contributed by atoms with Gasteiger partial charge in [-0.3, -0.25) is 19.5 Å². The highest BCUT2D eigenvalue weighted by molar-refractivity contribution is 6.17. The fraction of sp³-hybridized carbons (Fsp3) is 0.343. The fourth-order valence-electron chi connectivity index (χ4n) is 5.98. The number of carbonyl (C=O) groups excluding carboxylic acids is 3. The second-order valence-electron chi connectivity index (χ2n) is 11.3. The van der Waals surface area contributed by atoms with Crippen LogP contribution < -0.4 is 5.32 Å². The van der Waals surface area contributed by atoms with Gasteiger partial charge < -0.3 is 15.2 Å². The van der Waals surface area contributed by atoms with E-state index in [0.717, 1.165) is 29.8 Å². The number of hydrogen-bond donors (Lipinski definition) is 2. The van der Waals surface area contributed by atoms with E-state index in [1.807, 2.05) is 66.7 Å². The number of cyclic esters (lactones) is 1. The van der Waals surface area contributed by atoms with Gasteiger partial charge in [0.15, 0.2) is 6.04 Å². The molecule has 3 aromatic carbocycles. The van der Waals surface area contributed by atoms with Crippen molar-refractivity contribution in [1.82, 2.24) is 9.80 Å². The van der Waals surface area contributed by atoms with E-state index in [1.54, 1.807) is 13.0 Å². The molecule has 0 aliphatic carbocycles. The second kappa shape index (κ2) is 14.8. The monoisotopic (exact) mass is 610 g/mol. The number of imide groups is 1. The van der Waals surface area contributed by atoms with Crippen LogP contribution in [-0.2, 0) is 25.7 Å². The van der Waals surface area contributed by atoms with E-state index in [-0.39, 0.29) is 31.5 Å². The SMILES string of the molecule is CC[C@H](CC(=O)N1CCOC1=O)[C@@H](N=C(c1ccccc1)c1ccccc1NC(=O)[C@@H]1CCCN1Cc1ccccc1)C(=O)O. The fourth-order valence-corrected chi connectivity index (χ4v) is 5.98. The van der Waals surface area contributed by atoms with Gasteiger partial charge in [0.2, 0.25) is 11.8 Å². The molecule has 2 saturated heterocycles. The first-order valence-electron chi connectivity index (χ1n) is 15.4. The first-order chi connectivity index (χ1) is 21.9. The molecule has 2 aliphatic rings. The Labute approximate surface area is 262 Å². The number of likely N-dealkylation sites (tertiary alicyclic amines) is 1. The van der Waals surface area contributed by atoms with E-state index in [2.05, 4.69) is 22.3 Å². The summed E-state index contributed by atoms with van der Waals surface area (Å²) in [6, 6.07) is 24.9. The van der Waals surface area contributed by atoms with E-state index >= 15 is 0 Å². The summed E-state index contributed by atoms with van der Waals surface area (Å²) in [4.78, 5) is 59.3. The molecule has 0 aromatic heterocycles. The third-order valence-corrected chi connectivity index (χ3v) is 8.37. The van der Waals surface area contributed by atoms with Crippen molar-refractivity contribution < 1.29 is 29.0 Å². The van der Waals surface area contributed by atoms with Crippen LogP contribution in [0.5, 0.6) is 0 Å². The number of anilines is 1. The zero-order valence-corrected chi connectivity index (χ0v) is 25.3. The maximum absolute atomic E-state index is 13.7. The number of ether oxygens (including phenoxy) is 1. The van der Waals surface area contributed by atoms with Gasteiger partial charge in [-0.15, -0.1) is 0 Å². The largest absolute Gasteiger partial charge is 0.480 e. The summed E-state index contributed by atoms with van der Waals surface area (Å²) < 4.78 is 4.89. The molecule has 5 rings (SSSR count). The lowest BCUT2D eigenvalue weighted by Crippen LogP contribution is -2.39. The van der Waals surface area contributed by atoms with Crippen LogP contribution in [0.4, 0.5) is 10.5 Å². The Bertz CT molecular complexity index is 1540. The van der Waals surface area contributed by atoms with Gasteiger partial charge in [-0.1, -0.05) is 92.2 Å². The highest BCUT2D eigenvalue weighted by Crippen LogP contribution is 2.27. The third-order valence-electron chi connectivity index (χ3n) is 8.37. The molecule has 45 heavy (non-hydrogen) atoms. The molecule has 10 nitrogen and oxygen atoms in total. The number of aliphatic imine (C=N–C) groups is 1. The number of rotatable bonds is 12. The van der Waals surface area contributed by atoms with Crippen molar-refractivity contribution in [2.75, 3.05) is 25.0 Å². The summed E-state index contributed by atoms with van der Waals surface area (Å²) in [7, 11) is 0. The molecule has 0 bridgehead atoms. The molecule has 3 aromatic rings. The number of benzene rings is 3. The number of nitrogens with one attached hydrogen (secondary N) is 1. The molecule has 0 radical (unpaired) electrons. The van der Waals surface area contributed by atoms with E-state index in [0.29, 0.717) is 35.5 Å². The number of carbonyl (C=O) groups is 4. The lowest BCUT2D eigenvalue weighted by atomic mass is 9.92. The summed E-state index contributed by atoms with van der Waals surface area (Å²) >= 11 is 0. The highest BCUT2D eigenvalue weighted by atomic mass is 16.6. The van der Waals surface area contributed by atoms with E-state index in [1.165, 1.54) is 0 Å². The molecular formula is C35H38N4O6. The molecule has 234 valence electrons. The van der Waals surface area contributed by atoms with Gasteiger partial charge >= 0.3 is 12.1 Å². The van der Waals surface area contributed by atoms with Crippen LogP contribution in [0, 0.1) is 5.92 Å². The lowest BCUT2D eigenvalue weighted by Gasteiger charge is -2.25. The van der Waals surface area contributed by atoms with Crippen molar-refractivity contribution >= 4 is 35.3 Å². The summed E-state index contributed by atoms with van der Waals surface area (Å²) in [6.07, 6.45) is 1.10. The maximum atomic E-state index is 13.7. The van der Waals surface area contributed by atoms with Crippen LogP contribution in [-0.4, -0.2) is 76.3 Å².